The SMILES string of the molecule is C=C(C)/C=C\C(=C/C)CCNC(=O)OCC.CNC. The predicted molar refractivity (Wildman–Crippen MR) is 82.3 cm³/mol. The molecule has 4 nitrogen and oxygen atoms in total. The average molecular weight is 268 g/mol. The minimum atomic E-state index is -0.359. The summed E-state index contributed by atoms with van der Waals surface area (Å²) in [5.74, 6) is 0. The van der Waals surface area contributed by atoms with Gasteiger partial charge in [0.2, 0.25) is 0 Å². The van der Waals surface area contributed by atoms with Crippen LogP contribution in [0.4, 0.5) is 4.79 Å². The third kappa shape index (κ3) is 16.4. The molecule has 0 aliphatic heterocycles. The Balaban J connectivity index is 0. The van der Waals surface area contributed by atoms with E-state index in [4.69, 9.17) is 4.74 Å². The van der Waals surface area contributed by atoms with E-state index in [0.29, 0.717) is 13.2 Å². The molecule has 4 heteroatoms. The van der Waals surface area contributed by atoms with Gasteiger partial charge in [0.15, 0.2) is 0 Å². The molecule has 0 aliphatic carbocycles. The van der Waals surface area contributed by atoms with Crippen LogP contribution in [-0.2, 0) is 4.74 Å². The molecule has 0 rings (SSSR count). The topological polar surface area (TPSA) is 50.4 Å². The van der Waals surface area contributed by atoms with Crippen molar-refractivity contribution in [3.8, 4) is 0 Å². The van der Waals surface area contributed by atoms with Crippen LogP contribution in [0.5, 0.6) is 0 Å². The van der Waals surface area contributed by atoms with Crippen molar-refractivity contribution in [1.82, 2.24) is 10.6 Å². The minimum Gasteiger partial charge on any atom is -0.450 e. The van der Waals surface area contributed by atoms with Gasteiger partial charge in [-0.1, -0.05) is 36.0 Å². The second-order valence-corrected chi connectivity index (χ2v) is 3.94. The Labute approximate surface area is 117 Å². The zero-order valence-electron chi connectivity index (χ0n) is 12.9. The van der Waals surface area contributed by atoms with Gasteiger partial charge in [0.1, 0.15) is 0 Å². The number of amides is 1. The van der Waals surface area contributed by atoms with E-state index in [0.717, 1.165) is 12.0 Å². The molecule has 1 amide bonds. The van der Waals surface area contributed by atoms with Gasteiger partial charge in [0, 0.05) is 6.54 Å². The van der Waals surface area contributed by atoms with Crippen molar-refractivity contribution in [2.24, 2.45) is 0 Å². The predicted octanol–water partition coefficient (Wildman–Crippen LogP) is 3.04. The highest BCUT2D eigenvalue weighted by atomic mass is 16.5. The zero-order valence-corrected chi connectivity index (χ0v) is 12.9. The molecular weight excluding hydrogens is 240 g/mol. The van der Waals surface area contributed by atoms with Gasteiger partial charge in [-0.15, -0.1) is 0 Å². The van der Waals surface area contributed by atoms with Gasteiger partial charge in [-0.2, -0.15) is 0 Å². The van der Waals surface area contributed by atoms with Crippen LogP contribution in [0.25, 0.3) is 0 Å². The molecule has 0 saturated carbocycles. The number of carbonyl (C=O) groups excluding carboxylic acids is 1. The molecule has 0 aromatic heterocycles. The van der Waals surface area contributed by atoms with Crippen molar-refractivity contribution in [3.05, 3.63) is 36.0 Å². The van der Waals surface area contributed by atoms with Gasteiger partial charge in [-0.3, -0.25) is 0 Å². The summed E-state index contributed by atoms with van der Waals surface area (Å²) in [6.07, 6.45) is 6.42. The van der Waals surface area contributed by atoms with E-state index >= 15 is 0 Å². The molecule has 0 aromatic carbocycles. The average Bonchev–Trinajstić information content (AvgIpc) is 2.34. The van der Waals surface area contributed by atoms with Gasteiger partial charge < -0.3 is 15.4 Å². The summed E-state index contributed by atoms with van der Waals surface area (Å²) in [4.78, 5) is 11.0. The van der Waals surface area contributed by atoms with E-state index < -0.39 is 0 Å². The number of rotatable bonds is 6. The zero-order chi connectivity index (χ0) is 15.1. The first-order valence-electron chi connectivity index (χ1n) is 6.49. The molecule has 110 valence electrons. The molecule has 0 saturated heterocycles. The summed E-state index contributed by atoms with van der Waals surface area (Å²) < 4.78 is 4.75. The van der Waals surface area contributed by atoms with Crippen LogP contribution in [0, 0.1) is 0 Å². The summed E-state index contributed by atoms with van der Waals surface area (Å²) >= 11 is 0. The van der Waals surface area contributed by atoms with Crippen LogP contribution in [0.1, 0.15) is 27.2 Å². The van der Waals surface area contributed by atoms with E-state index in [-0.39, 0.29) is 6.09 Å². The smallest absolute Gasteiger partial charge is 0.407 e. The maximum absolute atomic E-state index is 11.0. The summed E-state index contributed by atoms with van der Waals surface area (Å²) in [7, 11) is 3.75. The summed E-state index contributed by atoms with van der Waals surface area (Å²) in [6.45, 7) is 10.5. The second-order valence-electron chi connectivity index (χ2n) is 3.94. The molecule has 0 aliphatic rings. The van der Waals surface area contributed by atoms with Crippen molar-refractivity contribution in [2.45, 2.75) is 27.2 Å². The van der Waals surface area contributed by atoms with Crippen LogP contribution in [-0.4, -0.2) is 33.3 Å². The Morgan fingerprint density at radius 1 is 1.32 bits per heavy atom. The van der Waals surface area contributed by atoms with Crippen molar-refractivity contribution in [3.63, 3.8) is 0 Å². The maximum Gasteiger partial charge on any atom is 0.407 e. The Kier molecular flexibility index (Phi) is 15.1. The van der Waals surface area contributed by atoms with Crippen molar-refractivity contribution < 1.29 is 9.53 Å². The van der Waals surface area contributed by atoms with Crippen LogP contribution >= 0.6 is 0 Å². The molecule has 0 unspecified atom stereocenters. The molecule has 0 spiro atoms. The highest BCUT2D eigenvalue weighted by Crippen LogP contribution is 2.04. The van der Waals surface area contributed by atoms with E-state index in [9.17, 15) is 4.79 Å². The molecule has 2 N–H and O–H groups in total. The lowest BCUT2D eigenvalue weighted by atomic mass is 10.1. The molecule has 0 heterocycles. The van der Waals surface area contributed by atoms with Gasteiger partial charge in [-0.25, -0.2) is 4.79 Å². The highest BCUT2D eigenvalue weighted by molar-refractivity contribution is 5.67. The number of ether oxygens (including phenoxy) is 1. The molecule has 0 fully saturated rings. The Bertz CT molecular complexity index is 307. The second kappa shape index (κ2) is 14.5. The normalized spacial score (nSPS) is 10.7. The Morgan fingerprint density at radius 2 is 1.89 bits per heavy atom. The largest absolute Gasteiger partial charge is 0.450 e. The first kappa shape index (κ1) is 19.8. The number of allylic oxidation sites excluding steroid dienone is 4. The Hall–Kier alpha value is -1.55. The fraction of sp³-hybridized carbons (Fsp3) is 0.533. The lowest BCUT2D eigenvalue weighted by Crippen LogP contribution is -2.25. The van der Waals surface area contributed by atoms with Crippen LogP contribution in [0.2, 0.25) is 0 Å². The summed E-state index contributed by atoms with van der Waals surface area (Å²) in [5, 5.41) is 5.43. The Morgan fingerprint density at radius 3 is 2.32 bits per heavy atom. The standard InChI is InChI=1S/C13H21NO2.C2H7N/c1-5-12(8-7-11(3)4)9-10-14-13(15)16-6-2;1-3-2/h5,7-8H,3,6,9-10H2,1-2,4H3,(H,14,15);3H,1-2H3/b8-7-,12-5+;. The van der Waals surface area contributed by atoms with Crippen LogP contribution in [0.3, 0.4) is 0 Å². The van der Waals surface area contributed by atoms with Gasteiger partial charge in [0.05, 0.1) is 6.61 Å². The van der Waals surface area contributed by atoms with Gasteiger partial charge in [0.25, 0.3) is 0 Å². The van der Waals surface area contributed by atoms with Crippen LogP contribution in [0.15, 0.2) is 36.0 Å². The third-order valence-electron chi connectivity index (χ3n) is 1.91. The fourth-order valence-corrected chi connectivity index (χ4v) is 1.06. The first-order chi connectivity index (χ1) is 9.01. The van der Waals surface area contributed by atoms with Crippen molar-refractivity contribution in [1.29, 1.82) is 0 Å². The summed E-state index contributed by atoms with van der Waals surface area (Å²) in [6, 6.07) is 0. The summed E-state index contributed by atoms with van der Waals surface area (Å²) in [5.41, 5.74) is 2.18. The van der Waals surface area contributed by atoms with E-state index in [2.05, 4.69) is 17.2 Å². The molecule has 0 atom stereocenters. The minimum absolute atomic E-state index is 0.359. The van der Waals surface area contributed by atoms with Crippen molar-refractivity contribution in [2.75, 3.05) is 27.2 Å². The highest BCUT2D eigenvalue weighted by Gasteiger charge is 1.99. The number of carbonyl (C=O) groups is 1. The lowest BCUT2D eigenvalue weighted by molar-refractivity contribution is 0.152. The number of hydrogen-bond acceptors (Lipinski definition) is 3. The first-order valence-corrected chi connectivity index (χ1v) is 6.49. The molecule has 0 bridgehead atoms. The number of nitrogens with one attached hydrogen (secondary N) is 2. The number of alkyl carbamates (subject to hydrolysis) is 1. The quantitative estimate of drug-likeness (QED) is 0.728. The van der Waals surface area contributed by atoms with E-state index in [1.807, 2.05) is 46.2 Å². The molecule has 19 heavy (non-hydrogen) atoms. The fourth-order valence-electron chi connectivity index (χ4n) is 1.06. The lowest BCUT2D eigenvalue weighted by Gasteiger charge is -2.05. The van der Waals surface area contributed by atoms with Crippen molar-refractivity contribution >= 4 is 6.09 Å². The van der Waals surface area contributed by atoms with E-state index in [1.165, 1.54) is 5.57 Å². The molecule has 0 radical (unpaired) electrons. The number of hydrogen-bond donors (Lipinski definition) is 2. The maximum atomic E-state index is 11.0. The van der Waals surface area contributed by atoms with E-state index in [1.54, 1.807) is 6.92 Å². The van der Waals surface area contributed by atoms with Crippen LogP contribution < -0.4 is 10.6 Å². The van der Waals surface area contributed by atoms with Gasteiger partial charge >= 0.3 is 6.09 Å². The molecular formula is C15H28N2O2. The monoisotopic (exact) mass is 268 g/mol. The van der Waals surface area contributed by atoms with Gasteiger partial charge in [-0.05, 0) is 41.3 Å². The third-order valence-corrected chi connectivity index (χ3v) is 1.91. The molecule has 0 aromatic rings.